The highest BCUT2D eigenvalue weighted by molar-refractivity contribution is 5.69. The van der Waals surface area contributed by atoms with Crippen LogP contribution in [0.15, 0.2) is 12.2 Å². The van der Waals surface area contributed by atoms with E-state index < -0.39 is 0 Å². The molecule has 0 amide bonds. The average Bonchev–Trinajstić information content (AvgIpc) is 3.15. The van der Waals surface area contributed by atoms with Crippen LogP contribution in [0.4, 0.5) is 0 Å². The fourth-order valence-electron chi connectivity index (χ4n) is 7.72. The van der Waals surface area contributed by atoms with Crippen LogP contribution in [-0.4, -0.2) is 12.6 Å². The van der Waals surface area contributed by atoms with Gasteiger partial charge in [0.05, 0.1) is 6.61 Å². The Balaban J connectivity index is 3.16. The highest BCUT2D eigenvalue weighted by Gasteiger charge is 2.03. The molecule has 0 fully saturated rings. The third kappa shape index (κ3) is 47.2. The Morgan fingerprint density at radius 1 is 0.308 bits per heavy atom. The van der Waals surface area contributed by atoms with E-state index in [2.05, 4.69) is 26.0 Å². The van der Waals surface area contributed by atoms with Crippen LogP contribution in [0, 0.1) is 0 Å². The average molecular weight is 731 g/mol. The lowest BCUT2D eigenvalue weighted by Gasteiger charge is -2.06. The number of esters is 1. The van der Waals surface area contributed by atoms with Crippen molar-refractivity contribution in [2.45, 2.75) is 296 Å². The van der Waals surface area contributed by atoms with Gasteiger partial charge in [-0.05, 0) is 38.5 Å². The first-order valence-corrected chi connectivity index (χ1v) is 24.6. The standard InChI is InChI=1S/C50H98O2/c1-3-5-7-9-11-13-15-17-19-21-23-25-26-27-28-29-30-32-34-36-38-40-42-44-46-48-50(51)52-49-47-45-43-41-39-37-35-33-31-24-22-20-18-16-14-12-10-8-6-4-2/h18,20H,3-17,19,21-49H2,1-2H3/b20-18-. The van der Waals surface area contributed by atoms with Gasteiger partial charge in [-0.2, -0.15) is 0 Å². The molecule has 0 aromatic heterocycles. The first-order valence-electron chi connectivity index (χ1n) is 24.6. The van der Waals surface area contributed by atoms with Gasteiger partial charge in [0.25, 0.3) is 0 Å². The summed E-state index contributed by atoms with van der Waals surface area (Å²) < 4.78 is 5.49. The van der Waals surface area contributed by atoms with Gasteiger partial charge in [0.1, 0.15) is 0 Å². The first-order chi connectivity index (χ1) is 25.8. The van der Waals surface area contributed by atoms with Gasteiger partial charge < -0.3 is 4.74 Å². The number of ether oxygens (including phenoxy) is 1. The number of unbranched alkanes of at least 4 members (excludes halogenated alkanes) is 40. The van der Waals surface area contributed by atoms with Crippen LogP contribution in [0.2, 0.25) is 0 Å². The molecule has 0 aliphatic heterocycles. The van der Waals surface area contributed by atoms with Crippen LogP contribution < -0.4 is 0 Å². The van der Waals surface area contributed by atoms with Crippen LogP contribution in [0.5, 0.6) is 0 Å². The topological polar surface area (TPSA) is 26.3 Å². The molecule has 0 atom stereocenters. The maximum Gasteiger partial charge on any atom is 0.305 e. The zero-order valence-electron chi connectivity index (χ0n) is 36.3. The Bertz CT molecular complexity index is 669. The molecule has 52 heavy (non-hydrogen) atoms. The molecule has 0 saturated carbocycles. The van der Waals surface area contributed by atoms with Crippen molar-refractivity contribution in [1.82, 2.24) is 0 Å². The first kappa shape index (κ1) is 51.2. The molecule has 0 bridgehead atoms. The van der Waals surface area contributed by atoms with E-state index in [0.717, 1.165) is 12.8 Å². The van der Waals surface area contributed by atoms with Crippen molar-refractivity contribution in [2.24, 2.45) is 0 Å². The van der Waals surface area contributed by atoms with Crippen molar-refractivity contribution in [3.05, 3.63) is 12.2 Å². The fourth-order valence-corrected chi connectivity index (χ4v) is 7.72. The van der Waals surface area contributed by atoms with Crippen molar-refractivity contribution in [3.63, 3.8) is 0 Å². The van der Waals surface area contributed by atoms with Gasteiger partial charge in [-0.25, -0.2) is 0 Å². The number of hydrogen-bond donors (Lipinski definition) is 0. The minimum atomic E-state index is 0.0300. The molecule has 0 rings (SSSR count). The molecule has 0 aliphatic carbocycles. The Morgan fingerprint density at radius 3 is 0.827 bits per heavy atom. The second-order valence-electron chi connectivity index (χ2n) is 16.8. The van der Waals surface area contributed by atoms with Crippen molar-refractivity contribution >= 4 is 5.97 Å². The minimum Gasteiger partial charge on any atom is -0.466 e. The molecule has 0 saturated heterocycles. The maximum absolute atomic E-state index is 12.0. The fraction of sp³-hybridized carbons (Fsp3) is 0.940. The second-order valence-corrected chi connectivity index (χ2v) is 16.8. The lowest BCUT2D eigenvalue weighted by Crippen LogP contribution is -2.05. The molecule has 0 aromatic carbocycles. The summed E-state index contributed by atoms with van der Waals surface area (Å²) in [7, 11) is 0. The summed E-state index contributed by atoms with van der Waals surface area (Å²) >= 11 is 0. The molecular formula is C50H98O2. The SMILES string of the molecule is CCCCCCCC/C=C\CCCCCCCCCCCCOC(=O)CCCCCCCCCCCCCCCCCCCCCCCCCCC. The Morgan fingerprint density at radius 2 is 0.538 bits per heavy atom. The minimum absolute atomic E-state index is 0.0300. The third-order valence-corrected chi connectivity index (χ3v) is 11.4. The predicted octanol–water partition coefficient (Wildman–Crippen LogP) is 18.3. The Labute approximate surface area is 329 Å². The van der Waals surface area contributed by atoms with E-state index in [1.165, 1.54) is 263 Å². The van der Waals surface area contributed by atoms with Crippen molar-refractivity contribution in [3.8, 4) is 0 Å². The molecule has 0 aromatic rings. The van der Waals surface area contributed by atoms with E-state index >= 15 is 0 Å². The summed E-state index contributed by atoms with van der Waals surface area (Å²) in [5.41, 5.74) is 0. The Hall–Kier alpha value is -0.790. The van der Waals surface area contributed by atoms with E-state index in [9.17, 15) is 4.79 Å². The number of rotatable bonds is 46. The van der Waals surface area contributed by atoms with Crippen LogP contribution in [0.25, 0.3) is 0 Å². The van der Waals surface area contributed by atoms with Crippen molar-refractivity contribution in [1.29, 1.82) is 0 Å². The highest BCUT2D eigenvalue weighted by Crippen LogP contribution is 2.17. The van der Waals surface area contributed by atoms with Crippen LogP contribution in [0.1, 0.15) is 296 Å². The summed E-state index contributed by atoms with van der Waals surface area (Å²) in [6.45, 7) is 5.22. The lowest BCUT2D eigenvalue weighted by molar-refractivity contribution is -0.143. The zero-order chi connectivity index (χ0) is 37.5. The molecule has 0 heterocycles. The van der Waals surface area contributed by atoms with Crippen LogP contribution in [0.3, 0.4) is 0 Å². The van der Waals surface area contributed by atoms with Crippen LogP contribution >= 0.6 is 0 Å². The monoisotopic (exact) mass is 731 g/mol. The molecule has 0 N–H and O–H groups in total. The smallest absolute Gasteiger partial charge is 0.305 e. The van der Waals surface area contributed by atoms with Crippen molar-refractivity contribution < 1.29 is 9.53 Å². The van der Waals surface area contributed by atoms with Gasteiger partial charge in [-0.15, -0.1) is 0 Å². The summed E-state index contributed by atoms with van der Waals surface area (Å²) in [4.78, 5) is 12.0. The molecule has 0 aliphatic rings. The van der Waals surface area contributed by atoms with Gasteiger partial charge >= 0.3 is 5.97 Å². The zero-order valence-corrected chi connectivity index (χ0v) is 36.3. The molecular weight excluding hydrogens is 633 g/mol. The van der Waals surface area contributed by atoms with Gasteiger partial charge in [0.2, 0.25) is 0 Å². The second kappa shape index (κ2) is 48.2. The van der Waals surface area contributed by atoms with E-state index in [0.29, 0.717) is 13.0 Å². The lowest BCUT2D eigenvalue weighted by atomic mass is 10.0. The summed E-state index contributed by atoms with van der Waals surface area (Å²) in [6.07, 6.45) is 64.9. The largest absolute Gasteiger partial charge is 0.466 e. The quantitative estimate of drug-likeness (QED) is 0.0354. The number of carbonyl (C=O) groups excluding carboxylic acids is 1. The van der Waals surface area contributed by atoms with Gasteiger partial charge in [-0.3, -0.25) is 4.79 Å². The predicted molar refractivity (Wildman–Crippen MR) is 235 cm³/mol. The van der Waals surface area contributed by atoms with Crippen molar-refractivity contribution in [2.75, 3.05) is 6.61 Å². The third-order valence-electron chi connectivity index (χ3n) is 11.4. The molecule has 2 heteroatoms. The maximum atomic E-state index is 12.0. The van der Waals surface area contributed by atoms with E-state index in [4.69, 9.17) is 4.74 Å². The molecule has 310 valence electrons. The van der Waals surface area contributed by atoms with Gasteiger partial charge in [-0.1, -0.05) is 264 Å². The van der Waals surface area contributed by atoms with E-state index in [-0.39, 0.29) is 5.97 Å². The highest BCUT2D eigenvalue weighted by atomic mass is 16.5. The summed E-state index contributed by atoms with van der Waals surface area (Å²) in [5, 5.41) is 0. The number of allylic oxidation sites excluding steroid dienone is 2. The number of hydrogen-bond acceptors (Lipinski definition) is 2. The van der Waals surface area contributed by atoms with Gasteiger partial charge in [0.15, 0.2) is 0 Å². The molecule has 0 radical (unpaired) electrons. The molecule has 0 spiro atoms. The van der Waals surface area contributed by atoms with Crippen LogP contribution in [-0.2, 0) is 9.53 Å². The van der Waals surface area contributed by atoms with E-state index in [1.807, 2.05) is 0 Å². The van der Waals surface area contributed by atoms with E-state index in [1.54, 1.807) is 0 Å². The normalized spacial score (nSPS) is 11.7. The summed E-state index contributed by atoms with van der Waals surface area (Å²) in [5.74, 6) is 0.0300. The molecule has 2 nitrogen and oxygen atoms in total. The number of carbonyl (C=O) groups is 1. The summed E-state index contributed by atoms with van der Waals surface area (Å²) in [6, 6.07) is 0. The molecule has 0 unspecified atom stereocenters. The Kier molecular flexibility index (Phi) is 47.5. The van der Waals surface area contributed by atoms with Gasteiger partial charge in [0, 0.05) is 6.42 Å².